The molecule has 0 bridgehead atoms. The van der Waals surface area contributed by atoms with Crippen LogP contribution in [0.25, 0.3) is 0 Å². The Kier molecular flexibility index (Phi) is 3.91. The van der Waals surface area contributed by atoms with Crippen molar-refractivity contribution < 1.29 is 0 Å². The molecule has 1 fully saturated rings. The number of hydrogen-bond donors (Lipinski definition) is 1. The fourth-order valence-corrected chi connectivity index (χ4v) is 2.74. The van der Waals surface area contributed by atoms with Gasteiger partial charge in [-0.2, -0.15) is 0 Å². The third-order valence-electron chi connectivity index (χ3n) is 4.00. The molecule has 1 aliphatic rings. The smallest absolute Gasteiger partial charge is 0.0442 e. The average molecular weight is 247 g/mol. The zero-order valence-electron chi connectivity index (χ0n) is 12.0. The molecule has 1 unspecified atom stereocenters. The third kappa shape index (κ3) is 2.83. The maximum atomic E-state index is 4.24. The van der Waals surface area contributed by atoms with Crippen molar-refractivity contribution in [2.45, 2.75) is 33.7 Å². The van der Waals surface area contributed by atoms with Gasteiger partial charge in [-0.3, -0.25) is 4.98 Å². The summed E-state index contributed by atoms with van der Waals surface area (Å²) in [5.41, 5.74) is 3.06. The molecule has 3 heteroatoms. The number of pyridine rings is 1. The minimum absolute atomic E-state index is 0.408. The number of nitrogens with one attached hydrogen (secondary N) is 1. The number of anilines is 1. The van der Waals surface area contributed by atoms with Gasteiger partial charge in [-0.1, -0.05) is 20.8 Å². The van der Waals surface area contributed by atoms with Crippen LogP contribution in [0, 0.1) is 11.3 Å². The van der Waals surface area contributed by atoms with E-state index in [1.54, 1.807) is 0 Å². The fraction of sp³-hybridized carbons (Fsp3) is 0.667. The van der Waals surface area contributed by atoms with Crippen LogP contribution in [0.2, 0.25) is 0 Å². The Labute approximate surface area is 111 Å². The van der Waals surface area contributed by atoms with Gasteiger partial charge in [0.15, 0.2) is 0 Å². The van der Waals surface area contributed by atoms with Crippen LogP contribution >= 0.6 is 0 Å². The van der Waals surface area contributed by atoms with Crippen LogP contribution in [-0.2, 0) is 6.54 Å². The zero-order chi connectivity index (χ0) is 13.2. The van der Waals surface area contributed by atoms with Crippen LogP contribution in [0.4, 0.5) is 5.69 Å². The first kappa shape index (κ1) is 13.3. The summed E-state index contributed by atoms with van der Waals surface area (Å²) in [5, 5.41) is 3.22. The van der Waals surface area contributed by atoms with Gasteiger partial charge in [-0.05, 0) is 30.9 Å². The van der Waals surface area contributed by atoms with E-state index < -0.39 is 0 Å². The van der Waals surface area contributed by atoms with Crippen LogP contribution in [0.1, 0.15) is 32.8 Å². The van der Waals surface area contributed by atoms with Crippen molar-refractivity contribution in [1.82, 2.24) is 10.3 Å². The highest BCUT2D eigenvalue weighted by Crippen LogP contribution is 2.36. The Hall–Kier alpha value is -1.09. The molecule has 1 saturated heterocycles. The average Bonchev–Trinajstić information content (AvgIpc) is 2.79. The van der Waals surface area contributed by atoms with Gasteiger partial charge < -0.3 is 10.2 Å². The Bertz CT molecular complexity index is 395. The summed E-state index contributed by atoms with van der Waals surface area (Å²) in [5.74, 6) is 0.785. The van der Waals surface area contributed by atoms with E-state index in [4.69, 9.17) is 0 Å². The summed E-state index contributed by atoms with van der Waals surface area (Å²) >= 11 is 0. The molecule has 3 nitrogen and oxygen atoms in total. The molecule has 0 aromatic carbocycles. The molecule has 2 heterocycles. The Morgan fingerprint density at radius 2 is 2.22 bits per heavy atom. The maximum Gasteiger partial charge on any atom is 0.0442 e. The quantitative estimate of drug-likeness (QED) is 0.890. The van der Waals surface area contributed by atoms with Crippen LogP contribution in [0.5, 0.6) is 0 Å². The van der Waals surface area contributed by atoms with E-state index in [0.29, 0.717) is 5.41 Å². The first-order chi connectivity index (χ1) is 8.52. The van der Waals surface area contributed by atoms with E-state index in [0.717, 1.165) is 12.5 Å². The lowest BCUT2D eigenvalue weighted by molar-refractivity contribution is 0.263. The van der Waals surface area contributed by atoms with Gasteiger partial charge in [0, 0.05) is 43.3 Å². The summed E-state index contributed by atoms with van der Waals surface area (Å²) in [7, 11) is 1.98. The molecule has 0 spiro atoms. The monoisotopic (exact) mass is 247 g/mol. The molecule has 100 valence electrons. The molecular formula is C15H25N3. The SMILES string of the molecule is CNCc1cnccc1N1CCC(C(C)(C)C)C1. The second-order valence-electron chi connectivity index (χ2n) is 6.33. The third-order valence-corrected chi connectivity index (χ3v) is 4.00. The van der Waals surface area contributed by atoms with Crippen LogP contribution in [0.3, 0.4) is 0 Å². The van der Waals surface area contributed by atoms with E-state index in [1.165, 1.54) is 30.8 Å². The van der Waals surface area contributed by atoms with Gasteiger partial charge >= 0.3 is 0 Å². The predicted molar refractivity (Wildman–Crippen MR) is 76.8 cm³/mol. The van der Waals surface area contributed by atoms with Crippen molar-refractivity contribution in [3.8, 4) is 0 Å². The fourth-order valence-electron chi connectivity index (χ4n) is 2.74. The predicted octanol–water partition coefficient (Wildman–Crippen LogP) is 2.67. The lowest BCUT2D eigenvalue weighted by Crippen LogP contribution is -2.26. The van der Waals surface area contributed by atoms with E-state index in [1.807, 2.05) is 19.4 Å². The minimum Gasteiger partial charge on any atom is -0.371 e. The topological polar surface area (TPSA) is 28.2 Å². The van der Waals surface area contributed by atoms with E-state index >= 15 is 0 Å². The molecule has 1 aromatic rings. The van der Waals surface area contributed by atoms with Gasteiger partial charge in [-0.15, -0.1) is 0 Å². The van der Waals surface area contributed by atoms with Crippen LogP contribution < -0.4 is 10.2 Å². The molecule has 1 N–H and O–H groups in total. The lowest BCUT2D eigenvalue weighted by Gasteiger charge is -2.28. The summed E-state index contributed by atoms with van der Waals surface area (Å²) in [6, 6.07) is 2.15. The molecule has 0 saturated carbocycles. The number of aromatic nitrogens is 1. The van der Waals surface area contributed by atoms with Gasteiger partial charge in [0.2, 0.25) is 0 Å². The minimum atomic E-state index is 0.408. The molecule has 2 rings (SSSR count). The lowest BCUT2D eigenvalue weighted by atomic mass is 9.80. The Morgan fingerprint density at radius 1 is 1.44 bits per heavy atom. The standard InChI is InChI=1S/C15H25N3/c1-15(2,3)13-6-8-18(11-13)14-5-7-17-10-12(14)9-16-4/h5,7,10,13,16H,6,8-9,11H2,1-4H3. The number of nitrogens with zero attached hydrogens (tertiary/aromatic N) is 2. The molecule has 1 aromatic heterocycles. The first-order valence-electron chi connectivity index (χ1n) is 6.85. The molecule has 18 heavy (non-hydrogen) atoms. The van der Waals surface area contributed by atoms with Crippen molar-refractivity contribution in [3.05, 3.63) is 24.0 Å². The summed E-state index contributed by atoms with van der Waals surface area (Å²) in [4.78, 5) is 6.75. The highest BCUT2D eigenvalue weighted by Gasteiger charge is 2.32. The molecule has 1 aliphatic heterocycles. The van der Waals surface area contributed by atoms with Crippen molar-refractivity contribution in [2.75, 3.05) is 25.0 Å². The van der Waals surface area contributed by atoms with Gasteiger partial charge in [0.25, 0.3) is 0 Å². The number of rotatable bonds is 3. The van der Waals surface area contributed by atoms with Gasteiger partial charge in [0.1, 0.15) is 0 Å². The molecular weight excluding hydrogens is 222 g/mol. The van der Waals surface area contributed by atoms with Crippen molar-refractivity contribution in [3.63, 3.8) is 0 Å². The Balaban J connectivity index is 2.14. The summed E-state index contributed by atoms with van der Waals surface area (Å²) in [6.45, 7) is 10.3. The highest BCUT2D eigenvalue weighted by molar-refractivity contribution is 5.53. The largest absolute Gasteiger partial charge is 0.371 e. The van der Waals surface area contributed by atoms with Crippen molar-refractivity contribution >= 4 is 5.69 Å². The highest BCUT2D eigenvalue weighted by atomic mass is 15.2. The molecule has 0 amide bonds. The first-order valence-corrected chi connectivity index (χ1v) is 6.85. The number of hydrogen-bond acceptors (Lipinski definition) is 3. The second kappa shape index (κ2) is 5.27. The summed E-state index contributed by atoms with van der Waals surface area (Å²) < 4.78 is 0. The maximum absolute atomic E-state index is 4.24. The molecule has 0 radical (unpaired) electrons. The summed E-state index contributed by atoms with van der Waals surface area (Å²) in [6.07, 6.45) is 5.18. The van der Waals surface area contributed by atoms with Crippen molar-refractivity contribution in [2.24, 2.45) is 11.3 Å². The van der Waals surface area contributed by atoms with E-state index in [9.17, 15) is 0 Å². The van der Waals surface area contributed by atoms with Gasteiger partial charge in [0.05, 0.1) is 0 Å². The zero-order valence-corrected chi connectivity index (χ0v) is 12.0. The molecule has 0 aliphatic carbocycles. The van der Waals surface area contributed by atoms with E-state index in [2.05, 4.69) is 42.0 Å². The van der Waals surface area contributed by atoms with Gasteiger partial charge in [-0.25, -0.2) is 0 Å². The Morgan fingerprint density at radius 3 is 2.83 bits per heavy atom. The molecule has 1 atom stereocenters. The van der Waals surface area contributed by atoms with Crippen LogP contribution in [-0.4, -0.2) is 25.1 Å². The normalized spacial score (nSPS) is 20.4. The second-order valence-corrected chi connectivity index (χ2v) is 6.33. The van der Waals surface area contributed by atoms with Crippen LogP contribution in [0.15, 0.2) is 18.5 Å². The van der Waals surface area contributed by atoms with Crippen molar-refractivity contribution in [1.29, 1.82) is 0 Å². The van der Waals surface area contributed by atoms with E-state index in [-0.39, 0.29) is 0 Å².